The molecule has 0 aromatic heterocycles. The SMILES string of the molecule is COCCCOc1cc(Cl)ccc1C. The van der Waals surface area contributed by atoms with Crippen LogP contribution in [0.2, 0.25) is 5.02 Å². The summed E-state index contributed by atoms with van der Waals surface area (Å²) >= 11 is 5.85. The molecule has 3 heteroatoms. The van der Waals surface area contributed by atoms with Crippen molar-refractivity contribution in [3.8, 4) is 5.75 Å². The lowest BCUT2D eigenvalue weighted by Gasteiger charge is -2.08. The highest BCUT2D eigenvalue weighted by Crippen LogP contribution is 2.22. The van der Waals surface area contributed by atoms with E-state index in [0.717, 1.165) is 24.3 Å². The van der Waals surface area contributed by atoms with Crippen LogP contribution in [0.4, 0.5) is 0 Å². The molecular formula is C11H15ClO2. The minimum Gasteiger partial charge on any atom is -0.493 e. The van der Waals surface area contributed by atoms with E-state index >= 15 is 0 Å². The highest BCUT2D eigenvalue weighted by molar-refractivity contribution is 6.30. The minimum absolute atomic E-state index is 0.662. The summed E-state index contributed by atoms with van der Waals surface area (Å²) in [6, 6.07) is 5.65. The Balaban J connectivity index is 2.45. The number of aryl methyl sites for hydroxylation is 1. The Hall–Kier alpha value is -0.730. The second kappa shape index (κ2) is 5.89. The van der Waals surface area contributed by atoms with Crippen LogP contribution in [-0.4, -0.2) is 20.3 Å². The van der Waals surface area contributed by atoms with E-state index in [-0.39, 0.29) is 0 Å². The zero-order valence-corrected chi connectivity index (χ0v) is 9.30. The number of methoxy groups -OCH3 is 1. The Bertz CT molecular complexity index is 287. The molecule has 0 unspecified atom stereocenters. The van der Waals surface area contributed by atoms with E-state index < -0.39 is 0 Å². The quantitative estimate of drug-likeness (QED) is 0.702. The van der Waals surface area contributed by atoms with Crippen LogP contribution < -0.4 is 4.74 Å². The zero-order chi connectivity index (χ0) is 10.4. The van der Waals surface area contributed by atoms with Crippen LogP contribution in [-0.2, 0) is 4.74 Å². The molecule has 2 nitrogen and oxygen atoms in total. The van der Waals surface area contributed by atoms with Crippen molar-refractivity contribution in [2.24, 2.45) is 0 Å². The van der Waals surface area contributed by atoms with Crippen LogP contribution in [0.1, 0.15) is 12.0 Å². The summed E-state index contributed by atoms with van der Waals surface area (Å²) < 4.78 is 10.5. The van der Waals surface area contributed by atoms with Crippen molar-refractivity contribution < 1.29 is 9.47 Å². The average Bonchev–Trinajstić information content (AvgIpc) is 2.18. The highest BCUT2D eigenvalue weighted by atomic mass is 35.5. The molecular weight excluding hydrogens is 200 g/mol. The first-order chi connectivity index (χ1) is 6.74. The lowest BCUT2D eigenvalue weighted by molar-refractivity contribution is 0.172. The third-order valence-electron chi connectivity index (χ3n) is 1.90. The number of hydrogen-bond acceptors (Lipinski definition) is 2. The van der Waals surface area contributed by atoms with E-state index in [1.165, 1.54) is 0 Å². The van der Waals surface area contributed by atoms with Gasteiger partial charge in [-0.05, 0) is 24.6 Å². The molecule has 0 aliphatic carbocycles. The predicted octanol–water partition coefficient (Wildman–Crippen LogP) is 3.06. The van der Waals surface area contributed by atoms with Crippen molar-refractivity contribution in [1.82, 2.24) is 0 Å². The van der Waals surface area contributed by atoms with Crippen molar-refractivity contribution in [2.75, 3.05) is 20.3 Å². The molecule has 78 valence electrons. The van der Waals surface area contributed by atoms with E-state index in [9.17, 15) is 0 Å². The Kier molecular flexibility index (Phi) is 4.77. The maximum Gasteiger partial charge on any atom is 0.123 e. The number of halogens is 1. The number of rotatable bonds is 5. The van der Waals surface area contributed by atoms with Gasteiger partial charge in [-0.1, -0.05) is 17.7 Å². The molecule has 0 fully saturated rings. The lowest BCUT2D eigenvalue weighted by atomic mass is 10.2. The van der Waals surface area contributed by atoms with E-state index in [0.29, 0.717) is 11.6 Å². The molecule has 0 amide bonds. The van der Waals surface area contributed by atoms with E-state index in [4.69, 9.17) is 21.1 Å². The molecule has 1 aromatic rings. The van der Waals surface area contributed by atoms with Crippen LogP contribution in [0.3, 0.4) is 0 Å². The third-order valence-corrected chi connectivity index (χ3v) is 2.14. The molecule has 0 saturated heterocycles. The minimum atomic E-state index is 0.662. The number of ether oxygens (including phenoxy) is 2. The Labute approximate surface area is 89.8 Å². The first kappa shape index (κ1) is 11.3. The largest absolute Gasteiger partial charge is 0.493 e. The summed E-state index contributed by atoms with van der Waals surface area (Å²) in [5.74, 6) is 0.855. The van der Waals surface area contributed by atoms with Gasteiger partial charge in [0.1, 0.15) is 5.75 Å². The van der Waals surface area contributed by atoms with Gasteiger partial charge in [-0.3, -0.25) is 0 Å². The summed E-state index contributed by atoms with van der Waals surface area (Å²) in [5.41, 5.74) is 1.10. The zero-order valence-electron chi connectivity index (χ0n) is 8.55. The summed E-state index contributed by atoms with van der Waals surface area (Å²) in [6.07, 6.45) is 0.891. The molecule has 1 rings (SSSR count). The first-order valence-corrected chi connectivity index (χ1v) is 4.99. The van der Waals surface area contributed by atoms with Gasteiger partial charge in [0, 0.05) is 25.2 Å². The molecule has 0 aliphatic rings. The highest BCUT2D eigenvalue weighted by Gasteiger charge is 1.99. The molecule has 0 aliphatic heterocycles. The number of benzene rings is 1. The fourth-order valence-corrected chi connectivity index (χ4v) is 1.28. The van der Waals surface area contributed by atoms with Gasteiger partial charge in [0.2, 0.25) is 0 Å². The fourth-order valence-electron chi connectivity index (χ4n) is 1.11. The smallest absolute Gasteiger partial charge is 0.123 e. The predicted molar refractivity (Wildman–Crippen MR) is 58.2 cm³/mol. The number of hydrogen-bond donors (Lipinski definition) is 0. The maximum absolute atomic E-state index is 5.85. The van der Waals surface area contributed by atoms with Crippen LogP contribution in [0.15, 0.2) is 18.2 Å². The molecule has 0 bridgehead atoms. The van der Waals surface area contributed by atoms with E-state index in [2.05, 4.69) is 0 Å². The topological polar surface area (TPSA) is 18.5 Å². The van der Waals surface area contributed by atoms with Crippen molar-refractivity contribution in [3.05, 3.63) is 28.8 Å². The van der Waals surface area contributed by atoms with Crippen molar-refractivity contribution in [1.29, 1.82) is 0 Å². The monoisotopic (exact) mass is 214 g/mol. The van der Waals surface area contributed by atoms with Gasteiger partial charge in [-0.15, -0.1) is 0 Å². The van der Waals surface area contributed by atoms with Gasteiger partial charge >= 0.3 is 0 Å². The summed E-state index contributed by atoms with van der Waals surface area (Å²) in [6.45, 7) is 3.39. The summed E-state index contributed by atoms with van der Waals surface area (Å²) in [7, 11) is 1.69. The Morgan fingerprint density at radius 3 is 2.79 bits per heavy atom. The van der Waals surface area contributed by atoms with Gasteiger partial charge in [0.05, 0.1) is 6.61 Å². The fraction of sp³-hybridized carbons (Fsp3) is 0.455. The van der Waals surface area contributed by atoms with Gasteiger partial charge in [-0.2, -0.15) is 0 Å². The third kappa shape index (κ3) is 3.56. The molecule has 1 aromatic carbocycles. The molecule has 14 heavy (non-hydrogen) atoms. The van der Waals surface area contributed by atoms with Crippen molar-refractivity contribution in [2.45, 2.75) is 13.3 Å². The van der Waals surface area contributed by atoms with Gasteiger partial charge < -0.3 is 9.47 Å². The molecule has 0 radical (unpaired) electrons. The second-order valence-corrected chi connectivity index (χ2v) is 3.54. The maximum atomic E-state index is 5.85. The van der Waals surface area contributed by atoms with Crippen LogP contribution in [0.5, 0.6) is 5.75 Å². The molecule has 0 atom stereocenters. The summed E-state index contributed by atoms with van der Waals surface area (Å²) in [4.78, 5) is 0. The van der Waals surface area contributed by atoms with E-state index in [1.807, 2.05) is 25.1 Å². The normalized spacial score (nSPS) is 10.2. The summed E-state index contributed by atoms with van der Waals surface area (Å²) in [5, 5.41) is 0.706. The standard InChI is InChI=1S/C11H15ClO2/c1-9-4-5-10(12)8-11(9)14-7-3-6-13-2/h4-5,8H,3,6-7H2,1-2H3. The Morgan fingerprint density at radius 2 is 2.07 bits per heavy atom. The average molecular weight is 215 g/mol. The second-order valence-electron chi connectivity index (χ2n) is 3.10. The van der Waals surface area contributed by atoms with Gasteiger partial charge in [-0.25, -0.2) is 0 Å². The molecule has 0 saturated carbocycles. The molecule has 0 spiro atoms. The van der Waals surface area contributed by atoms with Gasteiger partial charge in [0.25, 0.3) is 0 Å². The van der Waals surface area contributed by atoms with E-state index in [1.54, 1.807) is 7.11 Å². The van der Waals surface area contributed by atoms with Crippen molar-refractivity contribution in [3.63, 3.8) is 0 Å². The van der Waals surface area contributed by atoms with Crippen molar-refractivity contribution >= 4 is 11.6 Å². The van der Waals surface area contributed by atoms with Crippen LogP contribution in [0.25, 0.3) is 0 Å². The van der Waals surface area contributed by atoms with Crippen LogP contribution >= 0.6 is 11.6 Å². The first-order valence-electron chi connectivity index (χ1n) is 4.62. The lowest BCUT2D eigenvalue weighted by Crippen LogP contribution is -2.02. The Morgan fingerprint density at radius 1 is 1.29 bits per heavy atom. The van der Waals surface area contributed by atoms with Gasteiger partial charge in [0.15, 0.2) is 0 Å². The molecule has 0 N–H and O–H groups in total. The molecule has 0 heterocycles. The van der Waals surface area contributed by atoms with Crippen LogP contribution in [0, 0.1) is 6.92 Å².